The number of rotatable bonds is 11. The standard InChI is InChI=1S/C27H33NO3/c1-3-4-5-6-7-8-14-19-27(26(29)30)21(2)25(23-17-12-13-18-24(23)28-27)31-20-22-15-10-9-11-16-22/h8-18,28H,3-7,19-20H2,1-2H3,(H,29,30). The van der Waals surface area contributed by atoms with Crippen LogP contribution in [-0.2, 0) is 16.1 Å². The fourth-order valence-electron chi connectivity index (χ4n) is 4.00. The Hall–Kier alpha value is -3.01. The molecular formula is C27H33NO3. The van der Waals surface area contributed by atoms with Crippen LogP contribution in [0.1, 0.15) is 63.5 Å². The molecule has 0 aromatic heterocycles. The summed E-state index contributed by atoms with van der Waals surface area (Å²) < 4.78 is 6.24. The van der Waals surface area contributed by atoms with Crippen LogP contribution in [-0.4, -0.2) is 16.6 Å². The van der Waals surface area contributed by atoms with Crippen LogP contribution in [0.15, 0.2) is 72.3 Å². The van der Waals surface area contributed by atoms with Gasteiger partial charge in [-0.25, -0.2) is 4.79 Å². The minimum absolute atomic E-state index is 0.370. The molecule has 0 spiro atoms. The highest BCUT2D eigenvalue weighted by Gasteiger charge is 2.45. The lowest BCUT2D eigenvalue weighted by molar-refractivity contribution is -0.140. The highest BCUT2D eigenvalue weighted by molar-refractivity contribution is 5.95. The molecule has 1 atom stereocenters. The molecule has 31 heavy (non-hydrogen) atoms. The molecule has 0 saturated carbocycles. The second kappa shape index (κ2) is 10.9. The topological polar surface area (TPSA) is 58.6 Å². The molecule has 3 rings (SSSR count). The van der Waals surface area contributed by atoms with Gasteiger partial charge in [-0.3, -0.25) is 0 Å². The zero-order valence-corrected chi connectivity index (χ0v) is 18.6. The number of carbonyl (C=O) groups is 1. The number of nitrogens with one attached hydrogen (secondary N) is 1. The van der Waals surface area contributed by atoms with Crippen molar-refractivity contribution in [2.75, 3.05) is 5.32 Å². The van der Waals surface area contributed by atoms with Crippen molar-refractivity contribution >= 4 is 17.4 Å². The van der Waals surface area contributed by atoms with E-state index in [2.05, 4.69) is 18.3 Å². The van der Waals surface area contributed by atoms with Gasteiger partial charge < -0.3 is 15.2 Å². The van der Waals surface area contributed by atoms with E-state index >= 15 is 0 Å². The molecule has 0 fully saturated rings. The average Bonchev–Trinajstić information content (AvgIpc) is 2.78. The van der Waals surface area contributed by atoms with Crippen molar-refractivity contribution in [3.8, 4) is 0 Å². The molecule has 4 nitrogen and oxygen atoms in total. The van der Waals surface area contributed by atoms with Crippen LogP contribution in [0.3, 0.4) is 0 Å². The molecule has 1 aliphatic heterocycles. The van der Waals surface area contributed by atoms with Crippen molar-refractivity contribution in [1.82, 2.24) is 0 Å². The van der Waals surface area contributed by atoms with Gasteiger partial charge in [-0.2, -0.15) is 0 Å². The van der Waals surface area contributed by atoms with Gasteiger partial charge in [0.2, 0.25) is 0 Å². The van der Waals surface area contributed by atoms with E-state index < -0.39 is 11.5 Å². The molecule has 1 unspecified atom stereocenters. The van der Waals surface area contributed by atoms with Crippen molar-refractivity contribution in [2.24, 2.45) is 0 Å². The molecule has 1 aliphatic rings. The lowest BCUT2D eigenvalue weighted by atomic mass is 9.81. The first-order valence-electron chi connectivity index (χ1n) is 11.2. The lowest BCUT2D eigenvalue weighted by Gasteiger charge is -2.38. The van der Waals surface area contributed by atoms with E-state index in [4.69, 9.17) is 4.74 Å². The third-order valence-electron chi connectivity index (χ3n) is 5.91. The predicted molar refractivity (Wildman–Crippen MR) is 127 cm³/mol. The molecule has 2 aromatic rings. The van der Waals surface area contributed by atoms with Gasteiger partial charge in [0, 0.05) is 23.2 Å². The molecule has 0 amide bonds. The Balaban J connectivity index is 1.86. The molecule has 4 heteroatoms. The SMILES string of the molecule is CCCCCCC=CCC1(C(=O)O)Nc2ccccc2C(OCc2ccccc2)=C1C. The Labute approximate surface area is 185 Å². The molecule has 1 heterocycles. The Kier molecular flexibility index (Phi) is 7.94. The summed E-state index contributed by atoms with van der Waals surface area (Å²) in [6.45, 7) is 4.46. The number of allylic oxidation sites excluding steroid dienone is 1. The van der Waals surface area contributed by atoms with Crippen LogP contribution in [0, 0.1) is 0 Å². The quantitative estimate of drug-likeness (QED) is 0.311. The average molecular weight is 420 g/mol. The summed E-state index contributed by atoms with van der Waals surface area (Å²) in [5.41, 5.74) is 2.21. The number of carboxylic acids is 1. The van der Waals surface area contributed by atoms with Crippen molar-refractivity contribution in [2.45, 2.75) is 64.5 Å². The Morgan fingerprint density at radius 3 is 2.52 bits per heavy atom. The van der Waals surface area contributed by atoms with Crippen molar-refractivity contribution in [3.05, 3.63) is 83.4 Å². The number of para-hydroxylation sites is 1. The van der Waals surface area contributed by atoms with E-state index in [1.54, 1.807) is 0 Å². The van der Waals surface area contributed by atoms with Gasteiger partial charge in [0.05, 0.1) is 0 Å². The molecule has 164 valence electrons. The minimum atomic E-state index is -1.22. The summed E-state index contributed by atoms with van der Waals surface area (Å²) in [5.74, 6) is -0.243. The number of fused-ring (bicyclic) bond motifs is 1. The number of unbranched alkanes of at least 4 members (excludes halogenated alkanes) is 4. The molecule has 0 aliphatic carbocycles. The van der Waals surface area contributed by atoms with Crippen molar-refractivity contribution < 1.29 is 14.6 Å². The molecule has 0 saturated heterocycles. The third-order valence-corrected chi connectivity index (χ3v) is 5.91. The summed E-state index contributed by atoms with van der Waals surface area (Å²) in [5, 5.41) is 13.6. The van der Waals surface area contributed by atoms with Crippen LogP contribution in [0.5, 0.6) is 0 Å². The van der Waals surface area contributed by atoms with Crippen LogP contribution < -0.4 is 5.32 Å². The minimum Gasteiger partial charge on any atom is -0.488 e. The molecule has 2 N–H and O–H groups in total. The van der Waals surface area contributed by atoms with Crippen molar-refractivity contribution in [3.63, 3.8) is 0 Å². The molecular weight excluding hydrogens is 386 g/mol. The number of ether oxygens (including phenoxy) is 1. The number of benzene rings is 2. The van der Waals surface area contributed by atoms with E-state index in [9.17, 15) is 9.90 Å². The van der Waals surface area contributed by atoms with E-state index in [1.165, 1.54) is 19.3 Å². The molecule has 0 bridgehead atoms. The van der Waals surface area contributed by atoms with E-state index in [0.717, 1.165) is 29.7 Å². The highest BCUT2D eigenvalue weighted by Crippen LogP contribution is 2.42. The van der Waals surface area contributed by atoms with E-state index in [-0.39, 0.29) is 0 Å². The first kappa shape index (κ1) is 22.7. The number of hydrogen-bond donors (Lipinski definition) is 2. The smallest absolute Gasteiger partial charge is 0.334 e. The maximum Gasteiger partial charge on any atom is 0.334 e. The zero-order valence-electron chi connectivity index (χ0n) is 18.6. The molecule has 0 radical (unpaired) electrons. The van der Waals surface area contributed by atoms with E-state index in [1.807, 2.05) is 67.6 Å². The highest BCUT2D eigenvalue weighted by atomic mass is 16.5. The second-order valence-electron chi connectivity index (χ2n) is 8.13. The Bertz CT molecular complexity index is 933. The predicted octanol–water partition coefficient (Wildman–Crippen LogP) is 6.80. The number of hydrogen-bond acceptors (Lipinski definition) is 3. The maximum atomic E-state index is 12.5. The third kappa shape index (κ3) is 5.38. The lowest BCUT2D eigenvalue weighted by Crippen LogP contribution is -2.49. The van der Waals surface area contributed by atoms with Gasteiger partial charge in [-0.15, -0.1) is 0 Å². The number of carboxylic acid groups (broad SMARTS) is 1. The van der Waals surface area contributed by atoms with Gasteiger partial charge in [0.1, 0.15) is 12.4 Å². The number of aliphatic carboxylic acids is 1. The zero-order chi connectivity index (χ0) is 22.1. The van der Waals surface area contributed by atoms with Gasteiger partial charge in [0.15, 0.2) is 5.54 Å². The monoisotopic (exact) mass is 419 g/mol. The van der Waals surface area contributed by atoms with Gasteiger partial charge in [-0.1, -0.05) is 80.8 Å². The van der Waals surface area contributed by atoms with Crippen LogP contribution in [0.25, 0.3) is 5.76 Å². The summed E-state index contributed by atoms with van der Waals surface area (Å²) in [4.78, 5) is 12.5. The number of anilines is 1. The Morgan fingerprint density at radius 1 is 1.03 bits per heavy atom. The van der Waals surface area contributed by atoms with Gasteiger partial charge in [-0.05, 0) is 37.5 Å². The van der Waals surface area contributed by atoms with Crippen LogP contribution in [0.4, 0.5) is 5.69 Å². The second-order valence-corrected chi connectivity index (χ2v) is 8.13. The molecule has 2 aromatic carbocycles. The normalized spacial score (nSPS) is 18.0. The first-order valence-corrected chi connectivity index (χ1v) is 11.2. The summed E-state index contributed by atoms with van der Waals surface area (Å²) in [6.07, 6.45) is 10.3. The fraction of sp³-hybridized carbons (Fsp3) is 0.370. The first-order chi connectivity index (χ1) is 15.1. The van der Waals surface area contributed by atoms with Crippen molar-refractivity contribution in [1.29, 1.82) is 0 Å². The van der Waals surface area contributed by atoms with Crippen LogP contribution >= 0.6 is 0 Å². The largest absolute Gasteiger partial charge is 0.488 e. The summed E-state index contributed by atoms with van der Waals surface area (Å²) in [7, 11) is 0. The van der Waals surface area contributed by atoms with E-state index in [0.29, 0.717) is 24.4 Å². The summed E-state index contributed by atoms with van der Waals surface area (Å²) >= 11 is 0. The summed E-state index contributed by atoms with van der Waals surface area (Å²) in [6, 6.07) is 17.7. The maximum absolute atomic E-state index is 12.5. The van der Waals surface area contributed by atoms with Gasteiger partial charge >= 0.3 is 5.97 Å². The van der Waals surface area contributed by atoms with Gasteiger partial charge in [0.25, 0.3) is 0 Å². The fourth-order valence-corrected chi connectivity index (χ4v) is 4.00. The van der Waals surface area contributed by atoms with Crippen LogP contribution in [0.2, 0.25) is 0 Å². The Morgan fingerprint density at radius 2 is 1.77 bits per heavy atom.